The molecule has 12 nitrogen and oxygen atoms in total. The summed E-state index contributed by atoms with van der Waals surface area (Å²) >= 11 is 13.7. The molecule has 15 heteroatoms. The number of nitrogens with one attached hydrogen (secondary N) is 1. The Hall–Kier alpha value is -5.07. The minimum Gasteiger partial charge on any atom is -0.480 e. The van der Waals surface area contributed by atoms with E-state index in [9.17, 15) is 28.7 Å². The van der Waals surface area contributed by atoms with Gasteiger partial charge in [0.25, 0.3) is 0 Å². The van der Waals surface area contributed by atoms with E-state index in [1.165, 1.54) is 25.3 Å². The number of nitriles is 1. The van der Waals surface area contributed by atoms with Crippen LogP contribution in [0.15, 0.2) is 90.1 Å². The van der Waals surface area contributed by atoms with E-state index in [1.54, 1.807) is 30.5 Å². The maximum Gasteiger partial charge on any atom is 0.326 e. The Morgan fingerprint density at radius 2 is 1.77 bits per heavy atom. The van der Waals surface area contributed by atoms with E-state index in [4.69, 9.17) is 37.8 Å². The third kappa shape index (κ3) is 8.13. The maximum atomic E-state index is 11.8. The molecule has 0 amide bonds. The number of primary sulfonamides is 1. The number of sulfonamides is 1. The highest BCUT2D eigenvalue weighted by molar-refractivity contribution is 7.89. The van der Waals surface area contributed by atoms with Crippen molar-refractivity contribution >= 4 is 39.2 Å². The first kappa shape index (κ1) is 37.7. The Labute approximate surface area is 315 Å². The highest BCUT2D eigenvalue weighted by atomic mass is 35.5. The second-order valence-corrected chi connectivity index (χ2v) is 15.0. The molecule has 0 saturated carbocycles. The van der Waals surface area contributed by atoms with Gasteiger partial charge in [-0.1, -0.05) is 71.7 Å². The minimum absolute atomic E-state index is 0.00517. The van der Waals surface area contributed by atoms with E-state index in [2.05, 4.69) is 15.3 Å². The first-order chi connectivity index (χ1) is 25.3. The van der Waals surface area contributed by atoms with E-state index in [-0.39, 0.29) is 34.8 Å². The SMILES string of the molecule is CC(CO)(NCc1cc(Cl)c(O[C@H]2CCc3c(-c4cccc(-c5ccc(S(N)(=O)=O)cc5)c4Cl)cccc32)nc1OCc1cncc(C#N)c1)C(=O)O. The van der Waals surface area contributed by atoms with Crippen molar-refractivity contribution in [3.05, 3.63) is 123 Å². The zero-order valence-electron chi connectivity index (χ0n) is 28.2. The van der Waals surface area contributed by atoms with Crippen LogP contribution in [0.5, 0.6) is 11.8 Å². The van der Waals surface area contributed by atoms with Gasteiger partial charge in [0.2, 0.25) is 21.8 Å². The van der Waals surface area contributed by atoms with Crippen molar-refractivity contribution in [1.82, 2.24) is 15.3 Å². The minimum atomic E-state index is -3.84. The van der Waals surface area contributed by atoms with Crippen molar-refractivity contribution < 1.29 is 32.9 Å². The second-order valence-electron chi connectivity index (χ2n) is 12.6. The molecule has 1 unspecified atom stereocenters. The Morgan fingerprint density at radius 1 is 1.06 bits per heavy atom. The van der Waals surface area contributed by atoms with Crippen LogP contribution >= 0.6 is 23.2 Å². The quantitative estimate of drug-likeness (QED) is 0.106. The summed E-state index contributed by atoms with van der Waals surface area (Å²) in [6, 6.07) is 23.0. The summed E-state index contributed by atoms with van der Waals surface area (Å²) in [5.74, 6) is -1.03. The first-order valence-electron chi connectivity index (χ1n) is 16.3. The number of ether oxygens (including phenoxy) is 2. The molecular weight excluding hydrogens is 741 g/mol. The van der Waals surface area contributed by atoms with Gasteiger partial charge in [0.1, 0.15) is 29.3 Å². The molecule has 2 atom stereocenters. The maximum absolute atomic E-state index is 11.8. The molecule has 0 saturated heterocycles. The molecule has 5 aromatic rings. The third-order valence-electron chi connectivity index (χ3n) is 8.99. The van der Waals surface area contributed by atoms with Gasteiger partial charge in [-0.2, -0.15) is 10.2 Å². The Balaban J connectivity index is 1.30. The molecule has 1 aliphatic carbocycles. The lowest BCUT2D eigenvalue weighted by Crippen LogP contribution is -2.52. The van der Waals surface area contributed by atoms with Crippen molar-refractivity contribution in [2.45, 2.75) is 49.5 Å². The van der Waals surface area contributed by atoms with Crippen molar-refractivity contribution in [2.75, 3.05) is 6.61 Å². The number of fused-ring (bicyclic) bond motifs is 1. The molecule has 272 valence electrons. The molecule has 0 fully saturated rings. The van der Waals surface area contributed by atoms with Crippen LogP contribution in [-0.2, 0) is 34.4 Å². The van der Waals surface area contributed by atoms with Crippen molar-refractivity contribution in [3.8, 4) is 40.1 Å². The van der Waals surface area contributed by atoms with Crippen LogP contribution in [0, 0.1) is 11.3 Å². The number of benzene rings is 3. The van der Waals surface area contributed by atoms with Gasteiger partial charge in [0, 0.05) is 41.2 Å². The number of pyridine rings is 2. The highest BCUT2D eigenvalue weighted by Gasteiger charge is 2.33. The molecule has 0 aliphatic heterocycles. The number of aliphatic hydroxyl groups excluding tert-OH is 1. The molecule has 2 aromatic heterocycles. The smallest absolute Gasteiger partial charge is 0.326 e. The monoisotopic (exact) mass is 773 g/mol. The normalized spacial score (nSPS) is 14.9. The van der Waals surface area contributed by atoms with Crippen LogP contribution in [0.3, 0.4) is 0 Å². The van der Waals surface area contributed by atoms with E-state index < -0.39 is 34.2 Å². The van der Waals surface area contributed by atoms with Gasteiger partial charge in [-0.15, -0.1) is 0 Å². The number of halogens is 2. The van der Waals surface area contributed by atoms with Gasteiger partial charge in [-0.25, -0.2) is 13.6 Å². The number of carbonyl (C=O) groups is 1. The fraction of sp³-hybridized carbons (Fsp3) is 0.211. The molecule has 0 bridgehead atoms. The van der Waals surface area contributed by atoms with Crippen LogP contribution in [-0.4, -0.2) is 46.7 Å². The van der Waals surface area contributed by atoms with Crippen LogP contribution in [0.1, 0.15) is 47.3 Å². The van der Waals surface area contributed by atoms with Gasteiger partial charge >= 0.3 is 5.97 Å². The molecular formula is C38H33Cl2N5O7S. The molecule has 0 radical (unpaired) electrons. The molecule has 53 heavy (non-hydrogen) atoms. The topological polar surface area (TPSA) is 198 Å². The Kier molecular flexibility index (Phi) is 11.0. The number of rotatable bonds is 13. The van der Waals surface area contributed by atoms with Crippen molar-refractivity contribution in [3.63, 3.8) is 0 Å². The number of aromatic nitrogens is 2. The number of carboxylic acid groups (broad SMARTS) is 1. The number of nitrogens with zero attached hydrogens (tertiary/aromatic N) is 3. The zero-order valence-corrected chi connectivity index (χ0v) is 30.5. The van der Waals surface area contributed by atoms with E-state index in [0.29, 0.717) is 34.6 Å². The van der Waals surface area contributed by atoms with Gasteiger partial charge in [-0.05, 0) is 66.3 Å². The summed E-state index contributed by atoms with van der Waals surface area (Å²) in [6.07, 6.45) is 3.83. The van der Waals surface area contributed by atoms with Crippen LogP contribution < -0.4 is 19.9 Å². The number of aliphatic hydroxyl groups is 1. The number of aliphatic carboxylic acids is 1. The molecule has 0 spiro atoms. The largest absolute Gasteiger partial charge is 0.480 e. The standard InChI is InChI=1S/C38H33Cl2N5O7S/c1-38(21-46,37(47)48)44-19-25-15-32(39)36(45-35(25)51-20-23-14-22(16-41)17-43-18-23)52-33-13-12-29-28(5-3-6-30(29)33)31-7-2-4-27(34(31)40)24-8-10-26(11-9-24)53(42,49)50/h2-11,14-15,17-18,33,44,46H,12-13,19-21H2,1H3,(H,47,48)(H2,42,49,50)/t33-,38?/m0/s1. The zero-order chi connectivity index (χ0) is 37.9. The summed E-state index contributed by atoms with van der Waals surface area (Å²) in [6.45, 7) is 0.616. The average molecular weight is 775 g/mol. The number of carboxylic acids is 1. The van der Waals surface area contributed by atoms with Gasteiger partial charge < -0.3 is 19.7 Å². The predicted octanol–water partition coefficient (Wildman–Crippen LogP) is 6.21. The lowest BCUT2D eigenvalue weighted by Gasteiger charge is -2.24. The van der Waals surface area contributed by atoms with E-state index in [1.807, 2.05) is 42.5 Å². The fourth-order valence-corrected chi connectivity index (χ4v) is 7.08. The molecule has 5 N–H and O–H groups in total. The van der Waals surface area contributed by atoms with Gasteiger partial charge in [0.05, 0.1) is 22.1 Å². The molecule has 1 aliphatic rings. The van der Waals surface area contributed by atoms with Crippen molar-refractivity contribution in [2.24, 2.45) is 5.14 Å². The van der Waals surface area contributed by atoms with Crippen LogP contribution in [0.2, 0.25) is 10.0 Å². The lowest BCUT2D eigenvalue weighted by molar-refractivity contribution is -0.145. The number of nitrogens with two attached hydrogens (primary N) is 1. The Morgan fingerprint density at radius 3 is 2.47 bits per heavy atom. The fourth-order valence-electron chi connectivity index (χ4n) is 6.01. The van der Waals surface area contributed by atoms with E-state index in [0.717, 1.165) is 33.4 Å². The summed E-state index contributed by atoms with van der Waals surface area (Å²) in [4.78, 5) is 20.5. The molecule has 6 rings (SSSR count). The average Bonchev–Trinajstić information content (AvgIpc) is 3.56. The Bertz CT molecular complexity index is 2350. The molecule has 3 aromatic carbocycles. The highest BCUT2D eigenvalue weighted by Crippen LogP contribution is 2.44. The summed E-state index contributed by atoms with van der Waals surface area (Å²) in [5, 5.41) is 37.5. The van der Waals surface area contributed by atoms with Crippen LogP contribution in [0.25, 0.3) is 22.3 Å². The number of hydrogen-bond acceptors (Lipinski definition) is 10. The first-order valence-corrected chi connectivity index (χ1v) is 18.6. The predicted molar refractivity (Wildman–Crippen MR) is 198 cm³/mol. The van der Waals surface area contributed by atoms with E-state index >= 15 is 0 Å². The summed E-state index contributed by atoms with van der Waals surface area (Å²) in [7, 11) is -3.84. The van der Waals surface area contributed by atoms with Gasteiger partial charge in [-0.3, -0.25) is 15.1 Å². The summed E-state index contributed by atoms with van der Waals surface area (Å²) in [5.41, 5.74) is 4.87. The third-order valence-corrected chi connectivity index (χ3v) is 10.6. The summed E-state index contributed by atoms with van der Waals surface area (Å²) < 4.78 is 36.1. The molecule has 2 heterocycles. The number of hydrogen-bond donors (Lipinski definition) is 4. The van der Waals surface area contributed by atoms with Gasteiger partial charge in [0.15, 0.2) is 0 Å². The van der Waals surface area contributed by atoms with Crippen molar-refractivity contribution in [1.29, 1.82) is 5.26 Å². The van der Waals surface area contributed by atoms with Crippen LogP contribution in [0.4, 0.5) is 0 Å². The second kappa shape index (κ2) is 15.5. The lowest BCUT2D eigenvalue weighted by atomic mass is 9.94.